The lowest BCUT2D eigenvalue weighted by Crippen LogP contribution is -2.52. The number of nitrogens with two attached hydrogens (primary N) is 1. The van der Waals surface area contributed by atoms with Gasteiger partial charge >= 0.3 is 0 Å². The minimum absolute atomic E-state index is 0.0802. The molecule has 1 heterocycles. The van der Waals surface area contributed by atoms with E-state index in [1.54, 1.807) is 18.2 Å². The lowest BCUT2D eigenvalue weighted by atomic mass is 10.1. The van der Waals surface area contributed by atoms with Crippen molar-refractivity contribution in [3.05, 3.63) is 24.3 Å². The Labute approximate surface area is 97.6 Å². The highest BCUT2D eigenvalue weighted by Gasteiger charge is 2.37. The van der Waals surface area contributed by atoms with Crippen LogP contribution in [0.3, 0.4) is 0 Å². The highest BCUT2D eigenvalue weighted by Crippen LogP contribution is 2.33. The van der Waals surface area contributed by atoms with Crippen LogP contribution < -0.4 is 15.4 Å². The van der Waals surface area contributed by atoms with Crippen molar-refractivity contribution in [2.45, 2.75) is 6.10 Å². The van der Waals surface area contributed by atoms with E-state index in [2.05, 4.69) is 6.07 Å². The molecule has 0 bridgehead atoms. The van der Waals surface area contributed by atoms with E-state index >= 15 is 0 Å². The van der Waals surface area contributed by atoms with Gasteiger partial charge in [-0.1, -0.05) is 6.07 Å². The number of carbonyl (C=O) groups excluding carboxylic acids is 2. The molecule has 0 aromatic heterocycles. The van der Waals surface area contributed by atoms with Gasteiger partial charge in [0.1, 0.15) is 5.75 Å². The van der Waals surface area contributed by atoms with Gasteiger partial charge in [-0.25, -0.2) is 0 Å². The minimum Gasteiger partial charge on any atom is -0.468 e. The zero-order valence-electron chi connectivity index (χ0n) is 8.92. The van der Waals surface area contributed by atoms with Crippen molar-refractivity contribution in [2.75, 3.05) is 18.1 Å². The second-order valence-electron chi connectivity index (χ2n) is 3.51. The van der Waals surface area contributed by atoms with Crippen molar-refractivity contribution < 1.29 is 19.4 Å². The summed E-state index contributed by atoms with van der Waals surface area (Å²) < 4.78 is 5.21. The van der Waals surface area contributed by atoms with Crippen molar-refractivity contribution in [3.63, 3.8) is 0 Å². The molecule has 1 unspecified atom stereocenters. The number of hydrogen-bond acceptors (Lipinski definition) is 4. The van der Waals surface area contributed by atoms with Gasteiger partial charge in [0.2, 0.25) is 0 Å². The fraction of sp³-hybridized carbons (Fsp3) is 0.273. The number of aliphatic hydroxyl groups excluding tert-OH is 1. The lowest BCUT2D eigenvalue weighted by Gasteiger charge is -2.32. The Morgan fingerprint density at radius 3 is 3.06 bits per heavy atom. The Morgan fingerprint density at radius 2 is 2.41 bits per heavy atom. The number of anilines is 1. The number of ether oxygens (including phenoxy) is 1. The summed E-state index contributed by atoms with van der Waals surface area (Å²) in [6, 6.07) is 7.54. The summed E-state index contributed by atoms with van der Waals surface area (Å²) in [5.41, 5.74) is 5.57. The monoisotopic (exact) mass is 235 g/mol. The van der Waals surface area contributed by atoms with E-state index in [1.807, 2.05) is 0 Å². The predicted molar refractivity (Wildman–Crippen MR) is 58.3 cm³/mol. The standard InChI is InChI=1S/C11H11N2O4/c12-10(15)9-11(16)13(5-6-14)7-3-1-2-4-8(7)17-9/h2-4,9,14H,5-6H2,(H2,12,15). The molecule has 1 radical (unpaired) electrons. The smallest absolute Gasteiger partial charge is 0.278 e. The van der Waals surface area contributed by atoms with Gasteiger partial charge in [-0.3, -0.25) is 9.59 Å². The fourth-order valence-corrected chi connectivity index (χ4v) is 1.67. The van der Waals surface area contributed by atoms with Crippen molar-refractivity contribution in [2.24, 2.45) is 5.73 Å². The molecule has 0 saturated carbocycles. The summed E-state index contributed by atoms with van der Waals surface area (Å²) in [5, 5.41) is 8.93. The molecule has 17 heavy (non-hydrogen) atoms. The van der Waals surface area contributed by atoms with Crippen LogP contribution in [-0.4, -0.2) is 36.2 Å². The number of hydrogen-bond donors (Lipinski definition) is 2. The molecule has 6 nitrogen and oxygen atoms in total. The Kier molecular flexibility index (Phi) is 2.97. The van der Waals surface area contributed by atoms with Gasteiger partial charge in [-0.15, -0.1) is 0 Å². The molecule has 89 valence electrons. The second-order valence-corrected chi connectivity index (χ2v) is 3.51. The summed E-state index contributed by atoms with van der Waals surface area (Å²) in [6.45, 7) is -0.137. The van der Waals surface area contributed by atoms with E-state index in [-0.39, 0.29) is 13.2 Å². The van der Waals surface area contributed by atoms with Crippen LogP contribution in [0.1, 0.15) is 0 Å². The number of amides is 2. The lowest BCUT2D eigenvalue weighted by molar-refractivity contribution is -0.136. The molecule has 6 heteroatoms. The van der Waals surface area contributed by atoms with E-state index in [0.717, 1.165) is 0 Å². The molecule has 1 atom stereocenters. The van der Waals surface area contributed by atoms with Gasteiger partial charge in [-0.2, -0.15) is 0 Å². The van der Waals surface area contributed by atoms with Crippen molar-refractivity contribution in [3.8, 4) is 5.75 Å². The third kappa shape index (κ3) is 1.94. The number of benzene rings is 1. The third-order valence-electron chi connectivity index (χ3n) is 2.41. The van der Waals surface area contributed by atoms with Crippen molar-refractivity contribution >= 4 is 17.5 Å². The van der Waals surface area contributed by atoms with E-state index < -0.39 is 17.9 Å². The zero-order chi connectivity index (χ0) is 12.4. The molecule has 2 rings (SSSR count). The summed E-state index contributed by atoms with van der Waals surface area (Å²) >= 11 is 0. The summed E-state index contributed by atoms with van der Waals surface area (Å²) in [6.07, 6.45) is -1.34. The van der Waals surface area contributed by atoms with E-state index in [9.17, 15) is 9.59 Å². The van der Waals surface area contributed by atoms with Crippen molar-refractivity contribution in [1.29, 1.82) is 0 Å². The number of rotatable bonds is 3. The molecule has 0 fully saturated rings. The van der Waals surface area contributed by atoms with Gasteiger partial charge in [0.25, 0.3) is 17.9 Å². The Bertz CT molecular complexity index is 461. The van der Waals surface area contributed by atoms with Crippen LogP contribution in [0.15, 0.2) is 18.2 Å². The zero-order valence-corrected chi connectivity index (χ0v) is 8.92. The second kappa shape index (κ2) is 4.42. The number of fused-ring (bicyclic) bond motifs is 1. The van der Waals surface area contributed by atoms with Crippen LogP contribution >= 0.6 is 0 Å². The molecular weight excluding hydrogens is 224 g/mol. The summed E-state index contributed by atoms with van der Waals surface area (Å²) in [7, 11) is 0. The first kappa shape index (κ1) is 11.4. The van der Waals surface area contributed by atoms with Gasteiger partial charge in [0, 0.05) is 6.54 Å². The number of aliphatic hydroxyl groups is 1. The maximum Gasteiger partial charge on any atom is 0.278 e. The molecule has 0 spiro atoms. The first-order chi connectivity index (χ1) is 8.15. The largest absolute Gasteiger partial charge is 0.468 e. The number of primary amides is 1. The van der Waals surface area contributed by atoms with Crippen molar-refractivity contribution in [1.82, 2.24) is 0 Å². The Hall–Kier alpha value is -2.08. The topological polar surface area (TPSA) is 92.9 Å². The minimum atomic E-state index is -1.34. The number of carbonyl (C=O) groups is 2. The van der Waals surface area contributed by atoms with Gasteiger partial charge < -0.3 is 20.5 Å². The Morgan fingerprint density at radius 1 is 1.65 bits per heavy atom. The third-order valence-corrected chi connectivity index (χ3v) is 2.41. The molecule has 1 aromatic rings. The summed E-state index contributed by atoms with van der Waals surface area (Å²) in [4.78, 5) is 24.3. The van der Waals surface area contributed by atoms with Crippen LogP contribution in [-0.2, 0) is 9.59 Å². The summed E-state index contributed by atoms with van der Waals surface area (Å²) in [5.74, 6) is -1.05. The van der Waals surface area contributed by atoms with Crippen LogP contribution in [0.4, 0.5) is 5.69 Å². The molecule has 1 aliphatic heterocycles. The Balaban J connectivity index is 2.43. The predicted octanol–water partition coefficient (Wildman–Crippen LogP) is -0.942. The average molecular weight is 235 g/mol. The molecule has 0 saturated heterocycles. The average Bonchev–Trinajstić information content (AvgIpc) is 2.32. The van der Waals surface area contributed by atoms with Gasteiger partial charge in [0.15, 0.2) is 0 Å². The molecular formula is C11H11N2O4. The molecule has 1 aromatic carbocycles. The fourth-order valence-electron chi connectivity index (χ4n) is 1.67. The molecule has 1 aliphatic rings. The first-order valence-corrected chi connectivity index (χ1v) is 5.03. The maximum atomic E-state index is 11.9. The quantitative estimate of drug-likeness (QED) is 0.661. The highest BCUT2D eigenvalue weighted by molar-refractivity contribution is 6.12. The van der Waals surface area contributed by atoms with E-state index in [1.165, 1.54) is 4.90 Å². The van der Waals surface area contributed by atoms with Crippen LogP contribution in [0.25, 0.3) is 0 Å². The van der Waals surface area contributed by atoms with E-state index in [0.29, 0.717) is 11.4 Å². The highest BCUT2D eigenvalue weighted by atomic mass is 16.5. The first-order valence-electron chi connectivity index (χ1n) is 5.03. The van der Waals surface area contributed by atoms with E-state index in [4.69, 9.17) is 15.6 Å². The van der Waals surface area contributed by atoms with Gasteiger partial charge in [-0.05, 0) is 18.2 Å². The SMILES string of the molecule is NC(=O)C1Oc2cc[c]cc2N(CCO)C1=O. The van der Waals surface area contributed by atoms with Crippen LogP contribution in [0.2, 0.25) is 0 Å². The van der Waals surface area contributed by atoms with Gasteiger partial charge in [0.05, 0.1) is 12.3 Å². The maximum absolute atomic E-state index is 11.9. The number of β-amino-alcohol motifs (C(OH)–C–C–N with tert-alkyl or cyclic N) is 1. The number of nitrogens with zero attached hydrogens (tertiary/aromatic N) is 1. The molecule has 0 aliphatic carbocycles. The van der Waals surface area contributed by atoms with Crippen LogP contribution in [0, 0.1) is 6.07 Å². The molecule has 3 N–H and O–H groups in total. The molecule has 2 amide bonds. The normalized spacial score (nSPS) is 18.5. The van der Waals surface area contributed by atoms with Crippen LogP contribution in [0.5, 0.6) is 5.75 Å².